The monoisotopic (exact) mass is 663 g/mol. The van der Waals surface area contributed by atoms with Gasteiger partial charge in [-0.15, -0.1) is 0 Å². The molecule has 2 aliphatic heterocycles. The Balaban J connectivity index is 2.03. The van der Waals surface area contributed by atoms with Crippen LogP contribution in [0, 0.1) is 0 Å². The molecule has 3 fully saturated rings. The third-order valence-corrected chi connectivity index (χ3v) is 8.17. The predicted molar refractivity (Wildman–Crippen MR) is 145 cm³/mol. The molecule has 1 aliphatic carbocycles. The second kappa shape index (κ2) is 14.3. The number of rotatable bonds is 11. The zero-order chi connectivity index (χ0) is 33.3. The van der Waals surface area contributed by atoms with Crippen molar-refractivity contribution < 1.29 is 73.6 Å². The van der Waals surface area contributed by atoms with E-state index >= 15 is 0 Å². The number of hydrogen-bond donors (Lipinski definition) is 14. The van der Waals surface area contributed by atoms with E-state index in [0.29, 0.717) is 0 Å². The van der Waals surface area contributed by atoms with E-state index < -0.39 is 124 Å². The minimum Gasteiger partial charge on any atom is -0.394 e. The van der Waals surface area contributed by atoms with E-state index in [9.17, 15) is 50.1 Å². The number of guanidine groups is 2. The lowest BCUT2D eigenvalue weighted by molar-refractivity contribution is -0.317. The first-order valence-corrected chi connectivity index (χ1v) is 14.8. The van der Waals surface area contributed by atoms with Crippen molar-refractivity contribution in [3.8, 4) is 0 Å². The normalized spacial score (nSPS) is 44.7. The van der Waals surface area contributed by atoms with Crippen LogP contribution in [-0.4, -0.2) is 169 Å². The van der Waals surface area contributed by atoms with Crippen LogP contribution in [0.5, 0.6) is 0 Å². The lowest BCUT2D eigenvalue weighted by Gasteiger charge is -2.46. The molecule has 0 bridgehead atoms. The van der Waals surface area contributed by atoms with Crippen LogP contribution < -0.4 is 28.3 Å². The van der Waals surface area contributed by atoms with E-state index in [1.54, 1.807) is 0 Å². The highest BCUT2D eigenvalue weighted by molar-refractivity contribution is 7.46. The molecular formula is C21H42N7O15P. The van der Waals surface area contributed by atoms with Crippen molar-refractivity contribution in [3.63, 3.8) is 0 Å². The quantitative estimate of drug-likeness (QED) is 0.0554. The van der Waals surface area contributed by atoms with Crippen molar-refractivity contribution in [1.82, 2.24) is 5.32 Å². The van der Waals surface area contributed by atoms with Crippen molar-refractivity contribution in [2.45, 2.75) is 98.2 Å². The van der Waals surface area contributed by atoms with Gasteiger partial charge in [0.05, 0.1) is 25.4 Å². The fourth-order valence-corrected chi connectivity index (χ4v) is 5.71. The third kappa shape index (κ3) is 7.75. The molecule has 44 heavy (non-hydrogen) atoms. The molecule has 2 saturated heterocycles. The van der Waals surface area contributed by atoms with Gasteiger partial charge in [-0.1, -0.05) is 0 Å². The SMILES string of the molecule is CN[C@@H]1[C@H](O[C@H]2[C@H](O[C@H]3[C@H](O)[C@@H](O)[C@H](N=C(N)N)[C@@H](O)[C@@H]3N=C(N)N)O[C@@H](C)[C@]2(O)COP(=O)(O)O)O[C@@H](CO)[C@H](O)[C@H]1O. The van der Waals surface area contributed by atoms with Gasteiger partial charge in [-0.2, -0.15) is 0 Å². The first kappa shape index (κ1) is 36.6. The number of nitrogens with two attached hydrogens (primary N) is 4. The fraction of sp³-hybridized carbons (Fsp3) is 0.905. The van der Waals surface area contributed by atoms with Gasteiger partial charge in [0.2, 0.25) is 0 Å². The van der Waals surface area contributed by atoms with Crippen LogP contribution in [0.25, 0.3) is 0 Å². The summed E-state index contributed by atoms with van der Waals surface area (Å²) in [5, 5.41) is 77.6. The summed E-state index contributed by atoms with van der Waals surface area (Å²) in [6.07, 6.45) is -18.5. The van der Waals surface area contributed by atoms with Crippen LogP contribution in [0.1, 0.15) is 6.92 Å². The van der Waals surface area contributed by atoms with Crippen LogP contribution in [0.2, 0.25) is 0 Å². The number of phosphoric ester groups is 1. The standard InChI is InChI=1S/C21H42N7O15P/c1-5-21(35,4-39-44(36,37)38)16(43-17-9(26-2)13(33)10(30)6(3-29)41-17)18(40-5)42-15-8(28-20(24)25)11(31)7(27-19(22)23)12(32)14(15)34/h5-18,26,29-35H,3-4H2,1-2H3,(H4,22,23,27)(H4,24,25,28)(H2,36,37,38)/t5-,6-,7+,8-,9-,10-,11+,12-,13-,14+,15+,16-,17-,18-,21+/m0/s1. The molecule has 3 rings (SSSR count). The summed E-state index contributed by atoms with van der Waals surface area (Å²) in [6, 6.07) is -4.31. The van der Waals surface area contributed by atoms with E-state index in [4.69, 9.17) is 41.9 Å². The average Bonchev–Trinajstić information content (AvgIpc) is 3.16. The lowest BCUT2D eigenvalue weighted by atomic mass is 9.81. The fourth-order valence-electron chi connectivity index (χ4n) is 5.34. The molecule has 0 amide bonds. The molecule has 0 aromatic carbocycles. The van der Waals surface area contributed by atoms with Gasteiger partial charge < -0.3 is 92.7 Å². The Morgan fingerprint density at radius 2 is 1.48 bits per heavy atom. The highest BCUT2D eigenvalue weighted by Crippen LogP contribution is 2.43. The summed E-state index contributed by atoms with van der Waals surface area (Å²) in [6.45, 7) is -0.617. The Morgan fingerprint density at radius 1 is 0.886 bits per heavy atom. The lowest BCUT2D eigenvalue weighted by Crippen LogP contribution is -2.66. The Bertz CT molecular complexity index is 1080. The summed E-state index contributed by atoms with van der Waals surface area (Å²) in [4.78, 5) is 26.2. The summed E-state index contributed by atoms with van der Waals surface area (Å²) in [7, 11) is -3.81. The van der Waals surface area contributed by atoms with Crippen molar-refractivity contribution in [2.75, 3.05) is 20.3 Å². The molecule has 0 aromatic heterocycles. The van der Waals surface area contributed by atoms with Crippen LogP contribution in [0.15, 0.2) is 9.98 Å². The number of aliphatic imine (C=N–C) groups is 2. The molecule has 15 atom stereocenters. The van der Waals surface area contributed by atoms with E-state index in [2.05, 4.69) is 19.8 Å². The average molecular weight is 664 g/mol. The molecule has 23 heteroatoms. The maximum absolute atomic E-state index is 11.6. The number of nitrogens with zero attached hydrogens (tertiary/aromatic N) is 2. The van der Waals surface area contributed by atoms with Crippen molar-refractivity contribution in [2.24, 2.45) is 32.9 Å². The first-order valence-electron chi connectivity index (χ1n) is 13.3. The van der Waals surface area contributed by atoms with Crippen LogP contribution in [0.4, 0.5) is 0 Å². The number of aliphatic hydroxyl groups is 7. The number of nitrogens with one attached hydrogen (secondary N) is 1. The molecule has 0 unspecified atom stereocenters. The van der Waals surface area contributed by atoms with Crippen molar-refractivity contribution in [1.29, 1.82) is 0 Å². The zero-order valence-corrected chi connectivity index (χ0v) is 24.5. The van der Waals surface area contributed by atoms with Crippen LogP contribution >= 0.6 is 7.82 Å². The third-order valence-electron chi connectivity index (χ3n) is 7.70. The van der Waals surface area contributed by atoms with Crippen LogP contribution in [0.3, 0.4) is 0 Å². The maximum Gasteiger partial charge on any atom is 0.469 e. The van der Waals surface area contributed by atoms with Gasteiger partial charge in [0, 0.05) is 0 Å². The van der Waals surface area contributed by atoms with E-state index in [1.165, 1.54) is 14.0 Å². The van der Waals surface area contributed by atoms with Gasteiger partial charge in [-0.05, 0) is 14.0 Å². The largest absolute Gasteiger partial charge is 0.469 e. The molecule has 0 spiro atoms. The Labute approximate surface area is 250 Å². The zero-order valence-electron chi connectivity index (χ0n) is 23.6. The van der Waals surface area contributed by atoms with Gasteiger partial charge in [0.15, 0.2) is 24.5 Å². The van der Waals surface area contributed by atoms with Crippen molar-refractivity contribution in [3.05, 3.63) is 0 Å². The smallest absolute Gasteiger partial charge is 0.394 e. The topological polar surface area (TPSA) is 386 Å². The second-order valence-electron chi connectivity index (χ2n) is 10.6. The summed E-state index contributed by atoms with van der Waals surface area (Å²) < 4.78 is 39.2. The van der Waals surface area contributed by atoms with E-state index in [1.807, 2.05) is 0 Å². The number of ether oxygens (including phenoxy) is 4. The number of likely N-dealkylation sites (N-methyl/N-ethyl adjacent to an activating group) is 1. The molecular weight excluding hydrogens is 621 g/mol. The van der Waals surface area contributed by atoms with Gasteiger partial charge in [0.1, 0.15) is 66.5 Å². The van der Waals surface area contributed by atoms with Crippen LogP contribution in [-0.2, 0) is 28.0 Å². The molecule has 256 valence electrons. The first-order chi connectivity index (χ1) is 20.4. The minimum atomic E-state index is -5.18. The Morgan fingerprint density at radius 3 is 2.00 bits per heavy atom. The molecule has 2 heterocycles. The van der Waals surface area contributed by atoms with Crippen molar-refractivity contribution >= 4 is 19.7 Å². The summed E-state index contributed by atoms with van der Waals surface area (Å²) in [5.74, 6) is -1.12. The van der Waals surface area contributed by atoms with Gasteiger partial charge >= 0.3 is 7.82 Å². The molecule has 1 saturated carbocycles. The number of hydrogen-bond acceptors (Lipinski definition) is 16. The molecule has 0 radical (unpaired) electrons. The Kier molecular flexibility index (Phi) is 11.9. The second-order valence-corrected chi connectivity index (χ2v) is 11.9. The van der Waals surface area contributed by atoms with Gasteiger partial charge in [-0.3, -0.25) is 4.52 Å². The predicted octanol–water partition coefficient (Wildman–Crippen LogP) is -8.25. The summed E-state index contributed by atoms with van der Waals surface area (Å²) >= 11 is 0. The van der Waals surface area contributed by atoms with Gasteiger partial charge in [0.25, 0.3) is 0 Å². The molecule has 22 nitrogen and oxygen atoms in total. The maximum atomic E-state index is 11.6. The minimum absolute atomic E-state index is 0.542. The van der Waals surface area contributed by atoms with Gasteiger partial charge in [-0.25, -0.2) is 14.5 Å². The van der Waals surface area contributed by atoms with E-state index in [0.717, 1.165) is 0 Å². The number of phosphoric acid groups is 1. The number of aliphatic hydroxyl groups excluding tert-OH is 6. The van der Waals surface area contributed by atoms with E-state index in [-0.39, 0.29) is 0 Å². The molecule has 18 N–H and O–H groups in total. The molecule has 0 aromatic rings. The molecule has 3 aliphatic rings. The highest BCUT2D eigenvalue weighted by Gasteiger charge is 2.61. The Hall–Kier alpha value is -1.83. The summed E-state index contributed by atoms with van der Waals surface area (Å²) in [5.41, 5.74) is 19.4. The highest BCUT2D eigenvalue weighted by atomic mass is 31.2.